The predicted octanol–water partition coefficient (Wildman–Crippen LogP) is 0.446. The molecule has 1 N–H and O–H groups in total. The first-order valence-electron chi connectivity index (χ1n) is 7.21. The zero-order valence-corrected chi connectivity index (χ0v) is 11.7. The van der Waals surface area contributed by atoms with Crippen molar-refractivity contribution in [2.24, 2.45) is 0 Å². The monoisotopic (exact) mass is 280 g/mol. The predicted molar refractivity (Wildman–Crippen MR) is 70.0 cm³/mol. The lowest BCUT2D eigenvalue weighted by Gasteiger charge is -2.33. The van der Waals surface area contributed by atoms with Crippen molar-refractivity contribution < 1.29 is 14.3 Å². The molecule has 0 bridgehead atoms. The molecule has 2 saturated heterocycles. The second-order valence-corrected chi connectivity index (χ2v) is 5.22. The lowest BCUT2D eigenvalue weighted by atomic mass is 10.1. The van der Waals surface area contributed by atoms with Crippen LogP contribution in [0.25, 0.3) is 0 Å². The summed E-state index contributed by atoms with van der Waals surface area (Å²) < 4.78 is 10.8. The first-order valence-corrected chi connectivity index (χ1v) is 7.21. The van der Waals surface area contributed by atoms with Gasteiger partial charge in [-0.1, -0.05) is 6.92 Å². The average molecular weight is 280 g/mol. The molecule has 0 aromatic carbocycles. The number of carbonyl (C=O) groups is 1. The van der Waals surface area contributed by atoms with Gasteiger partial charge in [-0.25, -0.2) is 4.98 Å². The molecule has 7 heteroatoms. The number of aryl methyl sites for hydroxylation is 1. The third-order valence-corrected chi connectivity index (χ3v) is 3.77. The molecule has 2 unspecified atom stereocenters. The number of rotatable bonds is 4. The van der Waals surface area contributed by atoms with E-state index >= 15 is 0 Å². The molecule has 3 rings (SSSR count). The number of morpholine rings is 1. The van der Waals surface area contributed by atoms with Crippen LogP contribution in [0.3, 0.4) is 0 Å². The van der Waals surface area contributed by atoms with E-state index in [2.05, 4.69) is 27.0 Å². The fourth-order valence-corrected chi connectivity index (χ4v) is 2.73. The molecule has 1 aromatic heterocycles. The highest BCUT2D eigenvalue weighted by Gasteiger charge is 2.36. The Labute approximate surface area is 117 Å². The minimum Gasteiger partial charge on any atom is -0.464 e. The second-order valence-electron chi connectivity index (χ2n) is 5.22. The van der Waals surface area contributed by atoms with Gasteiger partial charge in [-0.3, -0.25) is 14.8 Å². The van der Waals surface area contributed by atoms with Crippen molar-refractivity contribution in [1.82, 2.24) is 20.1 Å². The van der Waals surface area contributed by atoms with E-state index in [0.717, 1.165) is 31.6 Å². The van der Waals surface area contributed by atoms with Gasteiger partial charge in [0.1, 0.15) is 18.0 Å². The third-order valence-electron chi connectivity index (χ3n) is 3.77. The molecule has 0 saturated carbocycles. The Morgan fingerprint density at radius 1 is 1.45 bits per heavy atom. The van der Waals surface area contributed by atoms with E-state index in [1.54, 1.807) is 0 Å². The first-order chi connectivity index (χ1) is 9.78. The fraction of sp³-hybridized carbons (Fsp3) is 0.769. The Hall–Kier alpha value is -1.47. The second kappa shape index (κ2) is 5.88. The summed E-state index contributed by atoms with van der Waals surface area (Å²) in [4.78, 5) is 18.3. The van der Waals surface area contributed by atoms with E-state index in [9.17, 15) is 4.79 Å². The summed E-state index contributed by atoms with van der Waals surface area (Å²) >= 11 is 0. The summed E-state index contributed by atoms with van der Waals surface area (Å²) in [7, 11) is 0. The van der Waals surface area contributed by atoms with Crippen molar-refractivity contribution in [1.29, 1.82) is 0 Å². The molecule has 0 amide bonds. The average Bonchev–Trinajstić information content (AvgIpc) is 3.08. The van der Waals surface area contributed by atoms with Gasteiger partial charge < -0.3 is 9.47 Å². The molecule has 7 nitrogen and oxygen atoms in total. The molecule has 2 aliphatic heterocycles. The van der Waals surface area contributed by atoms with Gasteiger partial charge in [-0.05, 0) is 6.42 Å². The molecular formula is C13H20N4O3. The highest BCUT2D eigenvalue weighted by molar-refractivity contribution is 5.77. The maximum Gasteiger partial charge on any atom is 0.323 e. The smallest absolute Gasteiger partial charge is 0.323 e. The maximum absolute atomic E-state index is 11.7. The summed E-state index contributed by atoms with van der Waals surface area (Å²) in [6.45, 7) is 4.61. The van der Waals surface area contributed by atoms with Crippen LogP contribution >= 0.6 is 0 Å². The molecule has 2 fully saturated rings. The molecular weight excluding hydrogens is 260 g/mol. The van der Waals surface area contributed by atoms with Crippen molar-refractivity contribution in [2.45, 2.75) is 38.3 Å². The van der Waals surface area contributed by atoms with E-state index in [1.807, 2.05) is 0 Å². The van der Waals surface area contributed by atoms with Crippen molar-refractivity contribution in [3.63, 3.8) is 0 Å². The van der Waals surface area contributed by atoms with E-state index in [0.29, 0.717) is 25.6 Å². The van der Waals surface area contributed by atoms with Crippen LogP contribution in [0, 0.1) is 0 Å². The van der Waals surface area contributed by atoms with Gasteiger partial charge in [0.15, 0.2) is 5.82 Å². The number of carbonyl (C=O) groups excluding carboxylic acids is 1. The maximum atomic E-state index is 11.7. The third kappa shape index (κ3) is 2.69. The minimum absolute atomic E-state index is 0.118. The first kappa shape index (κ1) is 13.5. The largest absolute Gasteiger partial charge is 0.464 e. The zero-order valence-electron chi connectivity index (χ0n) is 11.7. The Balaban J connectivity index is 1.66. The molecule has 0 spiro atoms. The van der Waals surface area contributed by atoms with E-state index < -0.39 is 0 Å². The van der Waals surface area contributed by atoms with Gasteiger partial charge in [-0.2, -0.15) is 5.10 Å². The minimum atomic E-state index is -0.168. The van der Waals surface area contributed by atoms with Crippen LogP contribution in [0.5, 0.6) is 0 Å². The highest BCUT2D eigenvalue weighted by atomic mass is 16.5. The number of hydrogen-bond acceptors (Lipinski definition) is 6. The highest BCUT2D eigenvalue weighted by Crippen LogP contribution is 2.24. The van der Waals surface area contributed by atoms with E-state index in [-0.39, 0.29) is 18.1 Å². The Bertz CT molecular complexity index is 476. The Morgan fingerprint density at radius 2 is 2.35 bits per heavy atom. The number of nitrogens with one attached hydrogen (secondary N) is 1. The molecule has 3 heterocycles. The number of nitrogens with zero attached hydrogens (tertiary/aromatic N) is 3. The standard InChI is InChI=1S/C13H20N4O3/c1-2-3-11-14-12(16-15-11)10-8-17(5-7-19-10)9-4-6-20-13(9)18/h9-10H,2-8H2,1H3,(H,14,15,16). The van der Waals surface area contributed by atoms with Crippen LogP contribution < -0.4 is 0 Å². The number of hydrogen-bond donors (Lipinski definition) is 1. The van der Waals surface area contributed by atoms with Crippen LogP contribution in [0.15, 0.2) is 0 Å². The quantitative estimate of drug-likeness (QED) is 0.806. The van der Waals surface area contributed by atoms with Crippen molar-refractivity contribution in [2.75, 3.05) is 26.3 Å². The van der Waals surface area contributed by atoms with Gasteiger partial charge >= 0.3 is 5.97 Å². The van der Waals surface area contributed by atoms with Crippen LogP contribution in [-0.2, 0) is 20.7 Å². The van der Waals surface area contributed by atoms with E-state index in [1.165, 1.54) is 0 Å². The topological polar surface area (TPSA) is 80.3 Å². The summed E-state index contributed by atoms with van der Waals surface area (Å²) in [6.07, 6.45) is 2.51. The Kier molecular flexibility index (Phi) is 3.98. The molecule has 0 radical (unpaired) electrons. The molecule has 110 valence electrons. The zero-order chi connectivity index (χ0) is 13.9. The fourth-order valence-electron chi connectivity index (χ4n) is 2.73. The Morgan fingerprint density at radius 3 is 3.10 bits per heavy atom. The van der Waals surface area contributed by atoms with Crippen molar-refractivity contribution >= 4 is 5.97 Å². The van der Waals surface area contributed by atoms with Crippen LogP contribution in [0.4, 0.5) is 0 Å². The number of esters is 1. The number of aromatic nitrogens is 3. The SMILES string of the molecule is CCCc1nc(C2CN(C3CCOC3=O)CCO2)n[nH]1. The lowest BCUT2D eigenvalue weighted by molar-refractivity contribution is -0.144. The van der Waals surface area contributed by atoms with Crippen molar-refractivity contribution in [3.8, 4) is 0 Å². The number of ether oxygens (including phenoxy) is 2. The van der Waals surface area contributed by atoms with Crippen molar-refractivity contribution in [3.05, 3.63) is 11.6 Å². The molecule has 1 aromatic rings. The summed E-state index contributed by atoms with van der Waals surface area (Å²) in [6, 6.07) is -0.129. The van der Waals surface area contributed by atoms with Gasteiger partial charge in [0, 0.05) is 25.9 Å². The van der Waals surface area contributed by atoms with Gasteiger partial charge in [-0.15, -0.1) is 0 Å². The van der Waals surface area contributed by atoms with Crippen LogP contribution in [-0.4, -0.2) is 58.4 Å². The number of aromatic amines is 1. The van der Waals surface area contributed by atoms with Gasteiger partial charge in [0.2, 0.25) is 0 Å². The molecule has 2 aliphatic rings. The summed E-state index contributed by atoms with van der Waals surface area (Å²) in [5.41, 5.74) is 0. The molecule has 0 aliphatic carbocycles. The van der Waals surface area contributed by atoms with Crippen LogP contribution in [0.2, 0.25) is 0 Å². The summed E-state index contributed by atoms with van der Waals surface area (Å²) in [5.74, 6) is 1.46. The van der Waals surface area contributed by atoms with E-state index in [4.69, 9.17) is 9.47 Å². The molecule has 20 heavy (non-hydrogen) atoms. The van der Waals surface area contributed by atoms with Gasteiger partial charge in [0.25, 0.3) is 0 Å². The van der Waals surface area contributed by atoms with Crippen LogP contribution in [0.1, 0.15) is 37.5 Å². The number of H-pyrrole nitrogens is 1. The van der Waals surface area contributed by atoms with Gasteiger partial charge in [0.05, 0.1) is 13.2 Å². The molecule has 2 atom stereocenters. The normalized spacial score (nSPS) is 27.8. The lowest BCUT2D eigenvalue weighted by Crippen LogP contribution is -2.46. The summed E-state index contributed by atoms with van der Waals surface area (Å²) in [5, 5.41) is 7.18. The number of cyclic esters (lactones) is 1.